The third-order valence-electron chi connectivity index (χ3n) is 17.5. The SMILES string of the molecule is C=C1C[C@H](CCCO)OC1CC[C@H]1C[C@@H](C)C(=C)C(C[C@@H]2O[C@H](C[C@H](C)CC)[C@H](OC)[C@H]2C(C(O)CC2CCC3O[C@@H]([C@H](/C=C/I)O[Si](C)(C)C(C)(C)C)[C@@H](C)[C@@H](C)C3O2)S(=O)(=O)c2ccccc2)O1. The van der Waals surface area contributed by atoms with Gasteiger partial charge in [-0.1, -0.05) is 116 Å². The van der Waals surface area contributed by atoms with E-state index in [9.17, 15) is 10.2 Å². The first-order chi connectivity index (χ1) is 33.0. The zero-order valence-electron chi connectivity index (χ0n) is 44.5. The van der Waals surface area contributed by atoms with Crippen molar-refractivity contribution in [2.75, 3.05) is 13.7 Å². The lowest BCUT2D eigenvalue weighted by molar-refractivity contribution is -0.240. The molecule has 1 aromatic rings. The summed E-state index contributed by atoms with van der Waals surface area (Å²) < 4.78 is 80.6. The smallest absolute Gasteiger partial charge is 0.193 e. The molecule has 2 N–H and O–H groups in total. The number of aliphatic hydroxyl groups is 2. The van der Waals surface area contributed by atoms with Crippen LogP contribution in [0.15, 0.2) is 69.7 Å². The van der Waals surface area contributed by atoms with Crippen LogP contribution >= 0.6 is 22.6 Å². The van der Waals surface area contributed by atoms with Gasteiger partial charge in [0.15, 0.2) is 18.2 Å². The van der Waals surface area contributed by atoms with Crippen LogP contribution in [0.2, 0.25) is 18.1 Å². The number of sulfone groups is 1. The Morgan fingerprint density at radius 1 is 0.914 bits per heavy atom. The summed E-state index contributed by atoms with van der Waals surface area (Å²) in [6.07, 6.45) is 5.96. The molecule has 14 heteroatoms. The Hall–Kier alpha value is -1.02. The van der Waals surface area contributed by atoms with Crippen molar-refractivity contribution in [2.45, 2.75) is 240 Å². The molecule has 7 unspecified atom stereocenters. The Balaban J connectivity index is 1.25. The molecule has 19 atom stereocenters. The van der Waals surface area contributed by atoms with Gasteiger partial charge in [0.05, 0.1) is 89.5 Å². The third kappa shape index (κ3) is 13.7. The lowest BCUT2D eigenvalue weighted by Crippen LogP contribution is -2.59. The second-order valence-corrected chi connectivity index (χ2v) is 31.0. The minimum absolute atomic E-state index is 0.0426. The Morgan fingerprint density at radius 3 is 2.26 bits per heavy atom. The lowest BCUT2D eigenvalue weighted by atomic mass is 9.77. The molecule has 0 aromatic heterocycles. The molecule has 5 heterocycles. The van der Waals surface area contributed by atoms with E-state index >= 15 is 8.42 Å². The molecule has 0 spiro atoms. The molecule has 5 saturated heterocycles. The number of methoxy groups -OCH3 is 1. The largest absolute Gasteiger partial charge is 0.408 e. The van der Waals surface area contributed by atoms with Crippen LogP contribution in [0.1, 0.15) is 132 Å². The average Bonchev–Trinajstić information content (AvgIpc) is 3.84. The van der Waals surface area contributed by atoms with Gasteiger partial charge in [0, 0.05) is 32.5 Å². The van der Waals surface area contributed by atoms with Gasteiger partial charge in [-0.3, -0.25) is 0 Å². The molecule has 11 nitrogen and oxygen atoms in total. The number of halogens is 1. The number of hydrogen-bond acceptors (Lipinski definition) is 11. The molecule has 0 saturated carbocycles. The number of hydrogen-bond donors (Lipinski definition) is 2. The van der Waals surface area contributed by atoms with Gasteiger partial charge in [-0.25, -0.2) is 8.42 Å². The summed E-state index contributed by atoms with van der Waals surface area (Å²) in [6, 6.07) is 8.55. The summed E-state index contributed by atoms with van der Waals surface area (Å²) in [5.74, 6) is -0.0130. The van der Waals surface area contributed by atoms with E-state index in [1.165, 1.54) is 0 Å². The van der Waals surface area contributed by atoms with E-state index in [-0.39, 0.29) is 89.5 Å². The molecule has 5 fully saturated rings. The fourth-order valence-corrected chi connectivity index (χ4v) is 15.7. The van der Waals surface area contributed by atoms with Crippen molar-refractivity contribution in [2.24, 2.45) is 29.6 Å². The second-order valence-electron chi connectivity index (χ2n) is 23.4. The van der Waals surface area contributed by atoms with E-state index < -0.39 is 59.8 Å². The van der Waals surface area contributed by atoms with Crippen molar-refractivity contribution < 1.29 is 51.5 Å². The summed E-state index contributed by atoms with van der Waals surface area (Å²) in [4.78, 5) is 0.160. The standard InChI is InChI=1S/C56H91IO11SSi/c1-14-34(2)29-50-54(62-11)51(49(66-50)33-48-37(5)35(3)30-41(64-48)22-24-45-36(4)31-40(63-45)19-18-28-58)55(69(60,61)43-20-16-15-17-21-43)44(59)32-42-23-25-46-52(65-42)38(6)39(7)53(67-46)47(26-27-57)68-70(12,13)56(8,9)10/h15-17,20-21,26-27,34-35,38-42,44-55,58-59H,4-5,14,18-19,22-25,28-33H2,1-3,6-13H3/b27-26+/t34-,35-,38-,39+,40+,41+,42?,44?,45?,46?,47+,48?,49+,50-,51+,52?,53-,54+,55?/m1/s1. The van der Waals surface area contributed by atoms with E-state index in [2.05, 4.69) is 110 Å². The zero-order valence-corrected chi connectivity index (χ0v) is 48.4. The Kier molecular flexibility index (Phi) is 21.0. The van der Waals surface area contributed by atoms with Crippen LogP contribution in [0, 0.1) is 29.6 Å². The molecule has 6 rings (SSSR count). The second kappa shape index (κ2) is 25.2. The highest BCUT2D eigenvalue weighted by molar-refractivity contribution is 14.1. The normalized spacial score (nSPS) is 36.3. The maximum absolute atomic E-state index is 15.4. The summed E-state index contributed by atoms with van der Waals surface area (Å²) in [7, 11) is -4.65. The van der Waals surface area contributed by atoms with Gasteiger partial charge < -0.3 is 43.1 Å². The van der Waals surface area contributed by atoms with Crippen LogP contribution in [0.5, 0.6) is 0 Å². The molecular formula is C56H91IO11SSi. The van der Waals surface area contributed by atoms with Crippen molar-refractivity contribution >= 4 is 40.7 Å². The quantitative estimate of drug-likeness (QED) is 0.0652. The predicted molar refractivity (Wildman–Crippen MR) is 289 cm³/mol. The van der Waals surface area contributed by atoms with Gasteiger partial charge in [0.25, 0.3) is 0 Å². The van der Waals surface area contributed by atoms with Crippen LogP contribution in [-0.2, 0) is 42.7 Å². The number of benzene rings is 1. The van der Waals surface area contributed by atoms with Gasteiger partial charge in [0.2, 0.25) is 0 Å². The predicted octanol–water partition coefficient (Wildman–Crippen LogP) is 11.3. The van der Waals surface area contributed by atoms with Crippen LogP contribution in [0.3, 0.4) is 0 Å². The van der Waals surface area contributed by atoms with Gasteiger partial charge in [0.1, 0.15) is 0 Å². The monoisotopic (exact) mass is 1130 g/mol. The maximum atomic E-state index is 15.4. The molecule has 398 valence electrons. The van der Waals surface area contributed by atoms with Crippen molar-refractivity contribution in [1.29, 1.82) is 0 Å². The molecule has 5 aliphatic heterocycles. The van der Waals surface area contributed by atoms with Gasteiger partial charge >= 0.3 is 0 Å². The van der Waals surface area contributed by atoms with Crippen molar-refractivity contribution in [1.82, 2.24) is 0 Å². The fraction of sp³-hybridized carbons (Fsp3) is 0.786. The molecule has 0 aliphatic carbocycles. The average molecular weight is 1130 g/mol. The van der Waals surface area contributed by atoms with Crippen LogP contribution in [-0.4, -0.2) is 125 Å². The summed E-state index contributed by atoms with van der Waals surface area (Å²) in [6.45, 7) is 31.4. The molecule has 5 aliphatic rings. The van der Waals surface area contributed by atoms with Crippen LogP contribution < -0.4 is 0 Å². The minimum Gasteiger partial charge on any atom is -0.408 e. The summed E-state index contributed by atoms with van der Waals surface area (Å²) in [5, 5.41) is 21.0. The summed E-state index contributed by atoms with van der Waals surface area (Å²) in [5.41, 5.74) is 2.07. The van der Waals surface area contributed by atoms with E-state index in [1.54, 1.807) is 31.4 Å². The van der Waals surface area contributed by atoms with Gasteiger partial charge in [-0.15, -0.1) is 0 Å². The van der Waals surface area contributed by atoms with Gasteiger partial charge in [-0.05, 0) is 133 Å². The number of rotatable bonds is 22. The molecule has 0 amide bonds. The summed E-state index contributed by atoms with van der Waals surface area (Å²) >= 11 is 2.27. The highest BCUT2D eigenvalue weighted by Crippen LogP contribution is 2.47. The van der Waals surface area contributed by atoms with Crippen molar-refractivity contribution in [3.05, 3.63) is 64.8 Å². The highest BCUT2D eigenvalue weighted by atomic mass is 127. The Labute approximate surface area is 437 Å². The van der Waals surface area contributed by atoms with Crippen LogP contribution in [0.4, 0.5) is 0 Å². The molecule has 0 radical (unpaired) electrons. The van der Waals surface area contributed by atoms with Gasteiger partial charge in [-0.2, -0.15) is 0 Å². The molecule has 70 heavy (non-hydrogen) atoms. The van der Waals surface area contributed by atoms with Crippen molar-refractivity contribution in [3.63, 3.8) is 0 Å². The topological polar surface area (TPSA) is 139 Å². The minimum atomic E-state index is -4.18. The van der Waals surface area contributed by atoms with E-state index in [0.29, 0.717) is 31.6 Å². The Morgan fingerprint density at radius 2 is 1.61 bits per heavy atom. The zero-order chi connectivity index (χ0) is 51.3. The first kappa shape index (κ1) is 58.2. The fourth-order valence-electron chi connectivity index (χ4n) is 11.9. The highest BCUT2D eigenvalue weighted by Gasteiger charge is 2.57. The lowest BCUT2D eigenvalue weighted by Gasteiger charge is -2.51. The Bertz CT molecular complexity index is 1980. The molecular weight excluding hydrogens is 1040 g/mol. The van der Waals surface area contributed by atoms with Crippen LogP contribution in [0.25, 0.3) is 0 Å². The van der Waals surface area contributed by atoms with E-state index in [1.807, 2.05) is 10.1 Å². The van der Waals surface area contributed by atoms with E-state index in [4.69, 9.17) is 32.8 Å². The molecule has 0 bridgehead atoms. The van der Waals surface area contributed by atoms with E-state index in [0.717, 1.165) is 56.1 Å². The first-order valence-electron chi connectivity index (χ1n) is 26.7. The first-order valence-corrected chi connectivity index (χ1v) is 32.4. The number of fused-ring (bicyclic) bond motifs is 1. The number of ether oxygens (including phenoxy) is 6. The third-order valence-corrected chi connectivity index (χ3v) is 24.7. The maximum Gasteiger partial charge on any atom is 0.193 e. The number of aliphatic hydroxyl groups excluding tert-OH is 2. The van der Waals surface area contributed by atoms with Crippen molar-refractivity contribution in [3.8, 4) is 0 Å². The molecule has 1 aromatic carbocycles.